The van der Waals surface area contributed by atoms with Crippen LogP contribution in [0.25, 0.3) is 11.4 Å². The van der Waals surface area contributed by atoms with Gasteiger partial charge in [0.2, 0.25) is 5.76 Å². The van der Waals surface area contributed by atoms with Crippen LogP contribution in [0.5, 0.6) is 0 Å². The van der Waals surface area contributed by atoms with Crippen molar-refractivity contribution in [3.63, 3.8) is 0 Å². The molecule has 1 atom stereocenters. The Hall–Kier alpha value is -3.49. The van der Waals surface area contributed by atoms with E-state index in [0.29, 0.717) is 24.6 Å². The van der Waals surface area contributed by atoms with Crippen LogP contribution in [0, 0.1) is 12.8 Å². The number of carbonyl (C=O) groups is 2. The maximum atomic E-state index is 12.9. The summed E-state index contributed by atoms with van der Waals surface area (Å²) in [5.41, 5.74) is 1.67. The number of carbonyl (C=O) groups excluding carboxylic acids is 1. The average molecular weight is 397 g/mol. The molecule has 3 aromatic rings. The van der Waals surface area contributed by atoms with Gasteiger partial charge in [0.1, 0.15) is 0 Å². The standard InChI is InChI=1S/C19H21N5O2.CH2O2/c1-12(2)16-18-20-17(14-7-5-4-6-8-14)21-24(18)10-9-23(16)19(25)15-11-13(3)22-26-15;2-1-3/h4-8,11-12,16H,9-10H2,1-3H3;1H,(H,2,3)/t16-;/m0./s1. The summed E-state index contributed by atoms with van der Waals surface area (Å²) in [6.07, 6.45) is 0. The van der Waals surface area contributed by atoms with Gasteiger partial charge in [-0.15, -0.1) is 0 Å². The second-order valence-electron chi connectivity index (χ2n) is 7.01. The van der Waals surface area contributed by atoms with Gasteiger partial charge in [0.25, 0.3) is 12.4 Å². The zero-order valence-electron chi connectivity index (χ0n) is 16.5. The summed E-state index contributed by atoms with van der Waals surface area (Å²) in [5, 5.41) is 15.4. The van der Waals surface area contributed by atoms with E-state index in [9.17, 15) is 4.79 Å². The lowest BCUT2D eigenvalue weighted by atomic mass is 9.99. The highest BCUT2D eigenvalue weighted by atomic mass is 16.5. The maximum absolute atomic E-state index is 12.9. The van der Waals surface area contributed by atoms with Crippen molar-refractivity contribution >= 4 is 12.4 Å². The lowest BCUT2D eigenvalue weighted by Crippen LogP contribution is -2.44. The van der Waals surface area contributed by atoms with Crippen molar-refractivity contribution in [2.45, 2.75) is 33.4 Å². The number of rotatable bonds is 3. The molecule has 1 amide bonds. The highest BCUT2D eigenvalue weighted by molar-refractivity contribution is 5.91. The van der Waals surface area contributed by atoms with Crippen LogP contribution >= 0.6 is 0 Å². The molecule has 0 aliphatic carbocycles. The summed E-state index contributed by atoms with van der Waals surface area (Å²) in [4.78, 5) is 27.9. The van der Waals surface area contributed by atoms with Gasteiger partial charge in [-0.2, -0.15) is 5.10 Å². The molecule has 9 heteroatoms. The molecule has 0 unspecified atom stereocenters. The van der Waals surface area contributed by atoms with E-state index in [1.807, 2.05) is 39.9 Å². The largest absolute Gasteiger partial charge is 0.483 e. The molecule has 3 heterocycles. The molecular formula is C20H23N5O4. The first kappa shape index (κ1) is 20.2. The molecule has 0 bridgehead atoms. The topological polar surface area (TPSA) is 114 Å². The van der Waals surface area contributed by atoms with Crippen molar-refractivity contribution in [1.82, 2.24) is 24.8 Å². The minimum Gasteiger partial charge on any atom is -0.483 e. The van der Waals surface area contributed by atoms with Crippen LogP contribution in [0.2, 0.25) is 0 Å². The number of carboxylic acid groups (broad SMARTS) is 1. The fourth-order valence-electron chi connectivity index (χ4n) is 3.42. The van der Waals surface area contributed by atoms with Gasteiger partial charge in [-0.05, 0) is 12.8 Å². The van der Waals surface area contributed by atoms with Crippen LogP contribution in [-0.2, 0) is 11.3 Å². The van der Waals surface area contributed by atoms with Crippen LogP contribution in [0.4, 0.5) is 0 Å². The van der Waals surface area contributed by atoms with E-state index in [1.54, 1.807) is 13.0 Å². The molecule has 9 nitrogen and oxygen atoms in total. The molecule has 1 aliphatic rings. The van der Waals surface area contributed by atoms with E-state index in [0.717, 1.165) is 11.4 Å². The van der Waals surface area contributed by atoms with Crippen LogP contribution in [0.3, 0.4) is 0 Å². The molecule has 29 heavy (non-hydrogen) atoms. The molecular weight excluding hydrogens is 374 g/mol. The summed E-state index contributed by atoms with van der Waals surface area (Å²) in [6, 6.07) is 11.4. The highest BCUT2D eigenvalue weighted by Crippen LogP contribution is 2.33. The smallest absolute Gasteiger partial charge is 0.293 e. The lowest BCUT2D eigenvalue weighted by Gasteiger charge is -2.36. The van der Waals surface area contributed by atoms with Gasteiger partial charge in [0.15, 0.2) is 11.6 Å². The summed E-state index contributed by atoms with van der Waals surface area (Å²) < 4.78 is 7.10. The van der Waals surface area contributed by atoms with Gasteiger partial charge in [-0.1, -0.05) is 49.3 Å². The first-order valence-corrected chi connectivity index (χ1v) is 9.28. The lowest BCUT2D eigenvalue weighted by molar-refractivity contribution is -0.122. The molecule has 0 radical (unpaired) electrons. The van der Waals surface area contributed by atoms with Crippen LogP contribution in [-0.4, -0.2) is 48.9 Å². The molecule has 0 saturated heterocycles. The van der Waals surface area contributed by atoms with E-state index in [2.05, 4.69) is 24.1 Å². The number of benzene rings is 1. The van der Waals surface area contributed by atoms with Crippen molar-refractivity contribution in [3.05, 3.63) is 53.7 Å². The third-order valence-electron chi connectivity index (χ3n) is 4.62. The molecule has 1 aromatic carbocycles. The summed E-state index contributed by atoms with van der Waals surface area (Å²) >= 11 is 0. The van der Waals surface area contributed by atoms with Gasteiger partial charge >= 0.3 is 0 Å². The van der Waals surface area contributed by atoms with Gasteiger partial charge in [-0.25, -0.2) is 9.67 Å². The predicted molar refractivity (Wildman–Crippen MR) is 104 cm³/mol. The third kappa shape index (κ3) is 4.18. The quantitative estimate of drug-likeness (QED) is 0.676. The summed E-state index contributed by atoms with van der Waals surface area (Å²) in [5.74, 6) is 1.81. The van der Waals surface area contributed by atoms with Gasteiger partial charge in [0, 0.05) is 18.2 Å². The number of aryl methyl sites for hydroxylation is 1. The normalized spacial score (nSPS) is 15.4. The zero-order chi connectivity index (χ0) is 21.0. The molecule has 1 aliphatic heterocycles. The Balaban J connectivity index is 0.000000755. The van der Waals surface area contributed by atoms with E-state index < -0.39 is 0 Å². The zero-order valence-corrected chi connectivity index (χ0v) is 16.5. The Morgan fingerprint density at radius 2 is 1.97 bits per heavy atom. The van der Waals surface area contributed by atoms with Gasteiger partial charge in [-0.3, -0.25) is 9.59 Å². The minimum atomic E-state index is -0.250. The second kappa shape index (κ2) is 8.68. The summed E-state index contributed by atoms with van der Waals surface area (Å²) in [6.45, 7) is 6.90. The Kier molecular flexibility index (Phi) is 6.06. The number of amides is 1. The van der Waals surface area contributed by atoms with E-state index in [-0.39, 0.29) is 30.1 Å². The molecule has 0 spiro atoms. The fourth-order valence-corrected chi connectivity index (χ4v) is 3.42. The molecule has 2 aromatic heterocycles. The van der Waals surface area contributed by atoms with Gasteiger partial charge < -0.3 is 14.5 Å². The van der Waals surface area contributed by atoms with Crippen LogP contribution < -0.4 is 0 Å². The monoisotopic (exact) mass is 397 g/mol. The Labute approximate surface area is 167 Å². The number of hydrogen-bond acceptors (Lipinski definition) is 6. The summed E-state index contributed by atoms with van der Waals surface area (Å²) in [7, 11) is 0. The van der Waals surface area contributed by atoms with Crippen molar-refractivity contribution in [3.8, 4) is 11.4 Å². The van der Waals surface area contributed by atoms with Crippen LogP contribution in [0.15, 0.2) is 40.9 Å². The average Bonchev–Trinajstić information content (AvgIpc) is 3.34. The van der Waals surface area contributed by atoms with Crippen molar-refractivity contribution in [2.75, 3.05) is 6.54 Å². The number of hydrogen-bond donors (Lipinski definition) is 1. The van der Waals surface area contributed by atoms with E-state index in [4.69, 9.17) is 19.4 Å². The first-order chi connectivity index (χ1) is 14.0. The molecule has 0 fully saturated rings. The number of nitrogens with zero attached hydrogens (tertiary/aromatic N) is 5. The van der Waals surface area contributed by atoms with Crippen molar-refractivity contribution in [1.29, 1.82) is 0 Å². The molecule has 152 valence electrons. The van der Waals surface area contributed by atoms with Crippen molar-refractivity contribution < 1.29 is 19.2 Å². The van der Waals surface area contributed by atoms with Crippen molar-refractivity contribution in [2.24, 2.45) is 5.92 Å². The van der Waals surface area contributed by atoms with Gasteiger partial charge in [0.05, 0.1) is 18.3 Å². The Bertz CT molecular complexity index is 980. The maximum Gasteiger partial charge on any atom is 0.293 e. The third-order valence-corrected chi connectivity index (χ3v) is 4.62. The second-order valence-corrected chi connectivity index (χ2v) is 7.01. The minimum absolute atomic E-state index is 0.153. The van der Waals surface area contributed by atoms with E-state index >= 15 is 0 Å². The van der Waals surface area contributed by atoms with Crippen LogP contribution in [0.1, 0.15) is 42.0 Å². The molecule has 4 rings (SSSR count). The molecule has 1 N–H and O–H groups in total. The Morgan fingerprint density at radius 3 is 2.55 bits per heavy atom. The Morgan fingerprint density at radius 1 is 1.28 bits per heavy atom. The first-order valence-electron chi connectivity index (χ1n) is 9.28. The SMILES string of the molecule is Cc1cc(C(=O)N2CCn3nc(-c4ccccc4)nc3[C@@H]2C(C)C)on1.O=CO. The predicted octanol–water partition coefficient (Wildman–Crippen LogP) is 2.80. The number of fused-ring (bicyclic) bond motifs is 1. The number of aromatic nitrogens is 4. The highest BCUT2D eigenvalue weighted by Gasteiger charge is 2.37. The van der Waals surface area contributed by atoms with E-state index in [1.165, 1.54) is 0 Å². The fraction of sp³-hybridized carbons (Fsp3) is 0.350. The molecule has 0 saturated carbocycles.